The lowest BCUT2D eigenvalue weighted by Gasteiger charge is -2.07. The maximum absolute atomic E-state index is 11.6. The van der Waals surface area contributed by atoms with Gasteiger partial charge in [0.2, 0.25) is 5.82 Å². The van der Waals surface area contributed by atoms with Crippen LogP contribution in [0, 0.1) is 6.92 Å². The van der Waals surface area contributed by atoms with Gasteiger partial charge in [-0.15, -0.1) is 0 Å². The Balaban J connectivity index is 2.05. The molecule has 102 valence electrons. The van der Waals surface area contributed by atoms with Crippen molar-refractivity contribution in [2.75, 3.05) is 7.11 Å². The van der Waals surface area contributed by atoms with E-state index in [0.29, 0.717) is 0 Å². The smallest absolute Gasteiger partial charge is 0.376 e. The van der Waals surface area contributed by atoms with Crippen LogP contribution in [-0.4, -0.2) is 23.0 Å². The van der Waals surface area contributed by atoms with Crippen LogP contribution in [0.25, 0.3) is 11.3 Å². The first-order chi connectivity index (χ1) is 9.67. The van der Waals surface area contributed by atoms with Crippen molar-refractivity contribution in [3.8, 4) is 11.3 Å². The molecule has 20 heavy (non-hydrogen) atoms. The second kappa shape index (κ2) is 5.04. The van der Waals surface area contributed by atoms with Gasteiger partial charge in [-0.2, -0.15) is 0 Å². The Bertz CT molecular complexity index is 680. The molecule has 0 radical (unpaired) electrons. The molecule has 1 heterocycles. The molecule has 0 amide bonds. The molecule has 0 saturated heterocycles. The van der Waals surface area contributed by atoms with Crippen molar-refractivity contribution in [3.05, 3.63) is 46.9 Å². The fourth-order valence-corrected chi connectivity index (χ4v) is 2.63. The largest absolute Gasteiger partial charge is 0.463 e. The van der Waals surface area contributed by atoms with Gasteiger partial charge >= 0.3 is 5.97 Å². The van der Waals surface area contributed by atoms with Crippen LogP contribution in [0.5, 0.6) is 0 Å². The minimum absolute atomic E-state index is 0.114. The number of aromatic nitrogens is 2. The van der Waals surface area contributed by atoms with Crippen molar-refractivity contribution in [2.24, 2.45) is 0 Å². The topological polar surface area (TPSA) is 52.1 Å². The van der Waals surface area contributed by atoms with Gasteiger partial charge in [-0.05, 0) is 49.4 Å². The van der Waals surface area contributed by atoms with Crippen LogP contribution >= 0.6 is 0 Å². The zero-order valence-electron chi connectivity index (χ0n) is 11.6. The molecule has 0 aliphatic heterocycles. The molecule has 4 heteroatoms. The summed E-state index contributed by atoms with van der Waals surface area (Å²) in [5, 5.41) is 0. The van der Waals surface area contributed by atoms with Gasteiger partial charge in [0.1, 0.15) is 0 Å². The van der Waals surface area contributed by atoms with Crippen molar-refractivity contribution in [3.63, 3.8) is 0 Å². The van der Waals surface area contributed by atoms with Crippen molar-refractivity contribution in [1.82, 2.24) is 9.97 Å². The number of ether oxygens (including phenoxy) is 1. The number of methoxy groups -OCH3 is 1. The van der Waals surface area contributed by atoms with Crippen LogP contribution in [0.4, 0.5) is 0 Å². The fraction of sp³-hybridized carbons (Fsp3) is 0.312. The SMILES string of the molecule is COC(=O)c1nc(C)cc(-c2ccc3c(c2)CCC3)n1. The number of carbonyl (C=O) groups excluding carboxylic acids is 1. The molecule has 0 bridgehead atoms. The number of hydrogen-bond acceptors (Lipinski definition) is 4. The number of carbonyl (C=O) groups is 1. The van der Waals surface area contributed by atoms with Crippen LogP contribution in [0.1, 0.15) is 33.9 Å². The minimum atomic E-state index is -0.504. The lowest BCUT2D eigenvalue weighted by molar-refractivity contribution is 0.0586. The fourth-order valence-electron chi connectivity index (χ4n) is 2.63. The van der Waals surface area contributed by atoms with Gasteiger partial charge < -0.3 is 4.74 Å². The Morgan fingerprint density at radius 3 is 2.75 bits per heavy atom. The Morgan fingerprint density at radius 1 is 1.15 bits per heavy atom. The number of benzene rings is 1. The molecule has 4 nitrogen and oxygen atoms in total. The lowest BCUT2D eigenvalue weighted by atomic mass is 10.0. The van der Waals surface area contributed by atoms with Crippen LogP contribution < -0.4 is 0 Å². The summed E-state index contributed by atoms with van der Waals surface area (Å²) >= 11 is 0. The van der Waals surface area contributed by atoms with Crippen LogP contribution in [0.2, 0.25) is 0 Å². The highest BCUT2D eigenvalue weighted by molar-refractivity contribution is 5.85. The van der Waals surface area contributed by atoms with Gasteiger partial charge in [0.25, 0.3) is 0 Å². The quantitative estimate of drug-likeness (QED) is 0.786. The molecular formula is C16H16N2O2. The van der Waals surface area contributed by atoms with E-state index in [0.717, 1.165) is 29.8 Å². The first-order valence-electron chi connectivity index (χ1n) is 6.73. The number of nitrogens with zero attached hydrogens (tertiary/aromatic N) is 2. The first kappa shape index (κ1) is 12.8. The highest BCUT2D eigenvalue weighted by Gasteiger charge is 2.15. The van der Waals surface area contributed by atoms with Gasteiger partial charge in [-0.3, -0.25) is 0 Å². The molecule has 0 fully saturated rings. The van der Waals surface area contributed by atoms with Gasteiger partial charge in [0, 0.05) is 11.3 Å². The van der Waals surface area contributed by atoms with E-state index >= 15 is 0 Å². The number of fused-ring (bicyclic) bond motifs is 1. The molecule has 0 spiro atoms. The molecule has 2 aromatic rings. The lowest BCUT2D eigenvalue weighted by Crippen LogP contribution is -2.09. The Kier molecular flexibility index (Phi) is 3.22. The predicted molar refractivity (Wildman–Crippen MR) is 75.6 cm³/mol. The number of rotatable bonds is 2. The average molecular weight is 268 g/mol. The third-order valence-electron chi connectivity index (χ3n) is 3.62. The molecule has 0 N–H and O–H groups in total. The molecule has 3 rings (SSSR count). The monoisotopic (exact) mass is 268 g/mol. The van der Waals surface area contributed by atoms with E-state index in [4.69, 9.17) is 4.74 Å². The summed E-state index contributed by atoms with van der Waals surface area (Å²) in [7, 11) is 1.34. The van der Waals surface area contributed by atoms with Crippen molar-refractivity contribution < 1.29 is 9.53 Å². The summed E-state index contributed by atoms with van der Waals surface area (Å²) in [6, 6.07) is 8.29. The molecule has 0 saturated carbocycles. The summed E-state index contributed by atoms with van der Waals surface area (Å²) in [5.41, 5.74) is 5.37. The maximum atomic E-state index is 11.6. The number of aryl methyl sites for hydroxylation is 3. The Labute approximate surface area is 117 Å². The van der Waals surface area contributed by atoms with Gasteiger partial charge in [0.15, 0.2) is 0 Å². The second-order valence-corrected chi connectivity index (χ2v) is 5.05. The van der Waals surface area contributed by atoms with Crippen LogP contribution in [0.3, 0.4) is 0 Å². The number of esters is 1. The Hall–Kier alpha value is -2.23. The first-order valence-corrected chi connectivity index (χ1v) is 6.73. The Morgan fingerprint density at radius 2 is 1.95 bits per heavy atom. The molecular weight excluding hydrogens is 252 g/mol. The highest BCUT2D eigenvalue weighted by atomic mass is 16.5. The summed E-state index contributed by atoms with van der Waals surface area (Å²) < 4.78 is 4.69. The summed E-state index contributed by atoms with van der Waals surface area (Å²) in [6.07, 6.45) is 3.50. The summed E-state index contributed by atoms with van der Waals surface area (Å²) in [4.78, 5) is 20.0. The summed E-state index contributed by atoms with van der Waals surface area (Å²) in [6.45, 7) is 1.85. The van der Waals surface area contributed by atoms with Crippen LogP contribution in [-0.2, 0) is 17.6 Å². The zero-order valence-corrected chi connectivity index (χ0v) is 11.6. The summed E-state index contributed by atoms with van der Waals surface area (Å²) in [5.74, 6) is -0.390. The van der Waals surface area contributed by atoms with Crippen LogP contribution in [0.15, 0.2) is 24.3 Å². The van der Waals surface area contributed by atoms with Gasteiger partial charge in [0.05, 0.1) is 12.8 Å². The third-order valence-corrected chi connectivity index (χ3v) is 3.62. The molecule has 1 aliphatic carbocycles. The molecule has 1 aromatic heterocycles. The van der Waals surface area contributed by atoms with E-state index in [2.05, 4.69) is 28.2 Å². The zero-order chi connectivity index (χ0) is 14.1. The highest BCUT2D eigenvalue weighted by Crippen LogP contribution is 2.27. The number of hydrogen-bond donors (Lipinski definition) is 0. The van der Waals surface area contributed by atoms with Gasteiger partial charge in [-0.25, -0.2) is 14.8 Å². The second-order valence-electron chi connectivity index (χ2n) is 5.05. The van der Waals surface area contributed by atoms with E-state index in [-0.39, 0.29) is 5.82 Å². The molecule has 1 aliphatic rings. The van der Waals surface area contributed by atoms with E-state index in [1.807, 2.05) is 13.0 Å². The average Bonchev–Trinajstić information content (AvgIpc) is 2.93. The van der Waals surface area contributed by atoms with E-state index in [9.17, 15) is 4.79 Å². The van der Waals surface area contributed by atoms with Crippen molar-refractivity contribution in [2.45, 2.75) is 26.2 Å². The van der Waals surface area contributed by atoms with Gasteiger partial charge in [-0.1, -0.05) is 12.1 Å². The van der Waals surface area contributed by atoms with E-state index < -0.39 is 5.97 Å². The van der Waals surface area contributed by atoms with Crippen molar-refractivity contribution in [1.29, 1.82) is 0 Å². The minimum Gasteiger partial charge on any atom is -0.463 e. The van der Waals surface area contributed by atoms with Crippen molar-refractivity contribution >= 4 is 5.97 Å². The van der Waals surface area contributed by atoms with E-state index in [1.54, 1.807) is 0 Å². The molecule has 1 aromatic carbocycles. The molecule has 0 atom stereocenters. The predicted octanol–water partition coefficient (Wildman–Crippen LogP) is 2.73. The molecule has 0 unspecified atom stereocenters. The third kappa shape index (κ3) is 2.29. The maximum Gasteiger partial charge on any atom is 0.376 e. The standard InChI is InChI=1S/C16H16N2O2/c1-10-8-14(18-15(17-10)16(19)20-2)13-7-6-11-4-3-5-12(11)9-13/h6-9H,3-5H2,1-2H3. The van der Waals surface area contributed by atoms with E-state index in [1.165, 1.54) is 24.7 Å². The normalized spacial score (nSPS) is 13.1.